The zero-order chi connectivity index (χ0) is 13.3. The second-order valence-electron chi connectivity index (χ2n) is 4.46. The van der Waals surface area contributed by atoms with Gasteiger partial charge in [-0.15, -0.1) is 0 Å². The van der Waals surface area contributed by atoms with E-state index >= 15 is 0 Å². The highest BCUT2D eigenvalue weighted by Crippen LogP contribution is 2.26. The lowest BCUT2D eigenvalue weighted by atomic mass is 10.2. The van der Waals surface area contributed by atoms with Crippen LogP contribution in [-0.2, 0) is 14.6 Å². The number of carboxylic acid groups (broad SMARTS) is 1. The van der Waals surface area contributed by atoms with Gasteiger partial charge >= 0.3 is 5.97 Å². The van der Waals surface area contributed by atoms with Crippen molar-refractivity contribution in [3.63, 3.8) is 0 Å². The van der Waals surface area contributed by atoms with Crippen molar-refractivity contribution in [2.45, 2.75) is 23.8 Å². The molecule has 6 heteroatoms. The smallest absolute Gasteiger partial charge is 0.326 e. The van der Waals surface area contributed by atoms with Crippen LogP contribution < -0.4 is 4.90 Å². The van der Waals surface area contributed by atoms with Crippen LogP contribution in [0.3, 0.4) is 0 Å². The fourth-order valence-corrected chi connectivity index (χ4v) is 2.85. The maximum atomic E-state index is 11.3. The van der Waals surface area contributed by atoms with Gasteiger partial charge in [0.2, 0.25) is 0 Å². The van der Waals surface area contributed by atoms with Crippen molar-refractivity contribution in [1.82, 2.24) is 0 Å². The van der Waals surface area contributed by atoms with Gasteiger partial charge in [0.25, 0.3) is 0 Å². The number of rotatable bonds is 3. The van der Waals surface area contributed by atoms with Crippen LogP contribution in [0.4, 0.5) is 5.69 Å². The van der Waals surface area contributed by atoms with Crippen LogP contribution in [0.1, 0.15) is 12.8 Å². The number of benzene rings is 1. The number of carbonyl (C=O) groups is 1. The fourth-order valence-electron chi connectivity index (χ4n) is 2.22. The Balaban J connectivity index is 2.27. The largest absolute Gasteiger partial charge is 0.480 e. The summed E-state index contributed by atoms with van der Waals surface area (Å²) >= 11 is 0. The monoisotopic (exact) mass is 269 g/mol. The third-order valence-electron chi connectivity index (χ3n) is 3.13. The zero-order valence-electron chi connectivity index (χ0n) is 10.0. The van der Waals surface area contributed by atoms with E-state index in [0.717, 1.165) is 18.4 Å². The maximum Gasteiger partial charge on any atom is 0.326 e. The van der Waals surface area contributed by atoms with Gasteiger partial charge in [-0.3, -0.25) is 0 Å². The Morgan fingerprint density at radius 3 is 2.44 bits per heavy atom. The molecule has 0 amide bonds. The molecule has 5 nitrogen and oxygen atoms in total. The van der Waals surface area contributed by atoms with Gasteiger partial charge in [-0.1, -0.05) is 0 Å². The van der Waals surface area contributed by atoms with Crippen molar-refractivity contribution in [2.24, 2.45) is 0 Å². The average Bonchev–Trinajstić information content (AvgIpc) is 2.77. The maximum absolute atomic E-state index is 11.3. The van der Waals surface area contributed by atoms with Crippen molar-refractivity contribution >= 4 is 21.5 Å². The van der Waals surface area contributed by atoms with Gasteiger partial charge in [-0.25, -0.2) is 13.2 Å². The Labute approximate surface area is 106 Å². The first-order chi connectivity index (χ1) is 8.39. The van der Waals surface area contributed by atoms with E-state index in [1.54, 1.807) is 17.0 Å². The molecule has 1 heterocycles. The summed E-state index contributed by atoms with van der Waals surface area (Å²) < 4.78 is 22.7. The first-order valence-corrected chi connectivity index (χ1v) is 7.58. The third-order valence-corrected chi connectivity index (χ3v) is 4.26. The minimum atomic E-state index is -3.21. The predicted molar refractivity (Wildman–Crippen MR) is 67.6 cm³/mol. The normalized spacial score (nSPS) is 20.1. The van der Waals surface area contributed by atoms with Gasteiger partial charge in [-0.2, -0.15) is 0 Å². The van der Waals surface area contributed by atoms with E-state index < -0.39 is 21.8 Å². The van der Waals surface area contributed by atoms with Crippen molar-refractivity contribution in [2.75, 3.05) is 17.7 Å². The molecule has 0 aliphatic carbocycles. The van der Waals surface area contributed by atoms with Crippen LogP contribution in [-0.4, -0.2) is 38.3 Å². The van der Waals surface area contributed by atoms with E-state index in [1.165, 1.54) is 12.1 Å². The molecule has 0 bridgehead atoms. The number of sulfone groups is 1. The highest BCUT2D eigenvalue weighted by Gasteiger charge is 2.30. The van der Waals surface area contributed by atoms with Crippen LogP contribution in [0.5, 0.6) is 0 Å². The average molecular weight is 269 g/mol. The second-order valence-corrected chi connectivity index (χ2v) is 6.47. The lowest BCUT2D eigenvalue weighted by Crippen LogP contribution is -2.35. The summed E-state index contributed by atoms with van der Waals surface area (Å²) in [7, 11) is -3.21. The number of carboxylic acids is 1. The van der Waals surface area contributed by atoms with Crippen LogP contribution in [0, 0.1) is 0 Å². The molecular formula is C12H15NO4S. The molecule has 0 spiro atoms. The Hall–Kier alpha value is -1.56. The van der Waals surface area contributed by atoms with Crippen LogP contribution in [0.25, 0.3) is 0 Å². The predicted octanol–water partition coefficient (Wildman–Crippen LogP) is 1.14. The molecule has 1 atom stereocenters. The van der Waals surface area contributed by atoms with E-state index in [0.29, 0.717) is 13.0 Å². The van der Waals surface area contributed by atoms with Crippen LogP contribution in [0.2, 0.25) is 0 Å². The molecule has 0 unspecified atom stereocenters. The molecule has 2 rings (SSSR count). The molecule has 1 saturated heterocycles. The van der Waals surface area contributed by atoms with Gasteiger partial charge in [0.05, 0.1) is 4.90 Å². The molecule has 0 saturated carbocycles. The summed E-state index contributed by atoms with van der Waals surface area (Å²) in [5.41, 5.74) is 0.757. The van der Waals surface area contributed by atoms with Gasteiger partial charge in [0, 0.05) is 18.5 Å². The number of hydrogen-bond acceptors (Lipinski definition) is 4. The van der Waals surface area contributed by atoms with E-state index in [1.807, 2.05) is 0 Å². The summed E-state index contributed by atoms with van der Waals surface area (Å²) in [6, 6.07) is 5.85. The van der Waals surface area contributed by atoms with Crippen molar-refractivity contribution in [3.05, 3.63) is 24.3 Å². The van der Waals surface area contributed by atoms with E-state index in [4.69, 9.17) is 5.11 Å². The number of nitrogens with zero attached hydrogens (tertiary/aromatic N) is 1. The van der Waals surface area contributed by atoms with Crippen molar-refractivity contribution in [3.8, 4) is 0 Å². The molecule has 0 aromatic heterocycles. The first-order valence-electron chi connectivity index (χ1n) is 5.69. The Bertz CT molecular complexity index is 550. The summed E-state index contributed by atoms with van der Waals surface area (Å²) in [6.45, 7) is 0.690. The minimum Gasteiger partial charge on any atom is -0.480 e. The van der Waals surface area contributed by atoms with Gasteiger partial charge in [0.1, 0.15) is 6.04 Å². The molecular weight excluding hydrogens is 254 g/mol. The number of anilines is 1. The molecule has 1 aliphatic heterocycles. The van der Waals surface area contributed by atoms with Crippen LogP contribution >= 0.6 is 0 Å². The summed E-state index contributed by atoms with van der Waals surface area (Å²) in [4.78, 5) is 13.1. The summed E-state index contributed by atoms with van der Waals surface area (Å²) in [5, 5.41) is 9.09. The molecule has 1 N–H and O–H groups in total. The lowest BCUT2D eigenvalue weighted by Gasteiger charge is -2.23. The highest BCUT2D eigenvalue weighted by molar-refractivity contribution is 7.90. The fraction of sp³-hybridized carbons (Fsp3) is 0.417. The molecule has 98 valence electrons. The lowest BCUT2D eigenvalue weighted by molar-refractivity contribution is -0.138. The quantitative estimate of drug-likeness (QED) is 0.890. The summed E-state index contributed by atoms with van der Waals surface area (Å²) in [5.74, 6) is -0.834. The second kappa shape index (κ2) is 4.61. The standard InChI is InChI=1S/C12H15NO4S/c1-18(16,17)10-6-4-9(5-7-10)13-8-2-3-11(13)12(14)15/h4-7,11H,2-3,8H2,1H3,(H,14,15)/t11-/m1/s1. The van der Waals surface area contributed by atoms with Gasteiger partial charge in [-0.05, 0) is 37.1 Å². The molecule has 1 fully saturated rings. The zero-order valence-corrected chi connectivity index (χ0v) is 10.9. The highest BCUT2D eigenvalue weighted by atomic mass is 32.2. The summed E-state index contributed by atoms with van der Waals surface area (Å²) in [6.07, 6.45) is 2.62. The SMILES string of the molecule is CS(=O)(=O)c1ccc(N2CCC[C@@H]2C(=O)O)cc1. The van der Waals surface area contributed by atoms with Crippen molar-refractivity contribution in [1.29, 1.82) is 0 Å². The minimum absolute atomic E-state index is 0.248. The van der Waals surface area contributed by atoms with E-state index in [9.17, 15) is 13.2 Å². The molecule has 1 aromatic rings. The molecule has 18 heavy (non-hydrogen) atoms. The van der Waals surface area contributed by atoms with Crippen molar-refractivity contribution < 1.29 is 18.3 Å². The molecule has 1 aliphatic rings. The number of hydrogen-bond donors (Lipinski definition) is 1. The van der Waals surface area contributed by atoms with Crippen LogP contribution in [0.15, 0.2) is 29.2 Å². The molecule has 0 radical (unpaired) electrons. The van der Waals surface area contributed by atoms with E-state index in [2.05, 4.69) is 0 Å². The number of aliphatic carboxylic acids is 1. The third kappa shape index (κ3) is 2.48. The Morgan fingerprint density at radius 1 is 1.33 bits per heavy atom. The van der Waals surface area contributed by atoms with Gasteiger partial charge < -0.3 is 10.0 Å². The Kier molecular flexibility index (Phi) is 3.30. The Morgan fingerprint density at radius 2 is 1.94 bits per heavy atom. The van der Waals surface area contributed by atoms with Gasteiger partial charge in [0.15, 0.2) is 9.84 Å². The molecule has 1 aromatic carbocycles. The topological polar surface area (TPSA) is 74.7 Å². The van der Waals surface area contributed by atoms with E-state index in [-0.39, 0.29) is 4.90 Å². The first kappa shape index (κ1) is 12.9.